The Bertz CT molecular complexity index is 1570. The van der Waals surface area contributed by atoms with Crippen LogP contribution in [0, 0.1) is 6.92 Å². The van der Waals surface area contributed by atoms with Crippen LogP contribution in [0.5, 0.6) is 0 Å². The van der Waals surface area contributed by atoms with E-state index in [2.05, 4.69) is 64.6 Å². The summed E-state index contributed by atoms with van der Waals surface area (Å²) in [4.78, 5) is 13.9. The molecular weight excluding hydrogens is 398 g/mol. The second-order valence-electron chi connectivity index (χ2n) is 7.76. The third-order valence-electron chi connectivity index (χ3n) is 5.61. The van der Waals surface area contributed by atoms with Crippen molar-refractivity contribution in [2.75, 3.05) is 0 Å². The molecule has 4 heteroatoms. The summed E-state index contributed by atoms with van der Waals surface area (Å²) in [5.41, 5.74) is 2.22. The molecule has 2 heterocycles. The summed E-state index contributed by atoms with van der Waals surface area (Å²) < 4.78 is 2.69. The Balaban J connectivity index is 1.41. The van der Waals surface area contributed by atoms with Gasteiger partial charge in [0, 0.05) is 32.2 Å². The Morgan fingerprint density at radius 1 is 0.710 bits per heavy atom. The minimum atomic E-state index is 0.684. The average Bonchev–Trinajstić information content (AvgIpc) is 3.18. The molecule has 0 amide bonds. The fraction of sp³-hybridized carbons (Fsp3) is 0.0741. The van der Waals surface area contributed by atoms with Gasteiger partial charge >= 0.3 is 0 Å². The van der Waals surface area contributed by atoms with Gasteiger partial charge in [0.1, 0.15) is 11.6 Å². The Labute approximate surface area is 184 Å². The maximum absolute atomic E-state index is 4.74. The van der Waals surface area contributed by atoms with Gasteiger partial charge in [-0.1, -0.05) is 78.9 Å². The first-order valence-electron chi connectivity index (χ1n) is 10.3. The van der Waals surface area contributed by atoms with Gasteiger partial charge in [-0.25, -0.2) is 15.0 Å². The minimum Gasteiger partial charge on any atom is -0.218 e. The van der Waals surface area contributed by atoms with Crippen molar-refractivity contribution in [2.24, 2.45) is 0 Å². The standard InChI is InChI=1S/C27H19N3S/c1-17-28-25(30-27(29-17)19-7-3-2-4-8-19)16-18-11-13-21-20(15-18)12-14-23-22-9-5-6-10-24(22)31-26(21)23/h2-15H,16H2,1H3. The van der Waals surface area contributed by atoms with E-state index in [0.717, 1.165) is 23.0 Å². The van der Waals surface area contributed by atoms with Crippen LogP contribution in [0.15, 0.2) is 84.9 Å². The van der Waals surface area contributed by atoms with Gasteiger partial charge in [-0.3, -0.25) is 0 Å². The fourth-order valence-electron chi connectivity index (χ4n) is 4.19. The van der Waals surface area contributed by atoms with E-state index >= 15 is 0 Å². The van der Waals surface area contributed by atoms with Gasteiger partial charge in [0.15, 0.2) is 5.82 Å². The summed E-state index contributed by atoms with van der Waals surface area (Å²) in [5.74, 6) is 2.28. The van der Waals surface area contributed by atoms with Crippen LogP contribution in [0.4, 0.5) is 0 Å². The van der Waals surface area contributed by atoms with Crippen molar-refractivity contribution in [2.45, 2.75) is 13.3 Å². The predicted octanol–water partition coefficient (Wildman–Crippen LogP) is 6.96. The van der Waals surface area contributed by atoms with Gasteiger partial charge in [0.2, 0.25) is 0 Å². The summed E-state index contributed by atoms with van der Waals surface area (Å²) in [6, 6.07) is 29.9. The molecule has 148 valence electrons. The summed E-state index contributed by atoms with van der Waals surface area (Å²) in [7, 11) is 0. The summed E-state index contributed by atoms with van der Waals surface area (Å²) >= 11 is 1.87. The lowest BCUT2D eigenvalue weighted by molar-refractivity contribution is 0.887. The van der Waals surface area contributed by atoms with E-state index in [4.69, 9.17) is 4.98 Å². The molecule has 0 radical (unpaired) electrons. The number of fused-ring (bicyclic) bond motifs is 5. The molecule has 0 aliphatic heterocycles. The van der Waals surface area contributed by atoms with Gasteiger partial charge in [-0.05, 0) is 29.3 Å². The van der Waals surface area contributed by atoms with Crippen molar-refractivity contribution in [3.63, 3.8) is 0 Å². The second kappa shape index (κ2) is 7.25. The molecule has 0 saturated heterocycles. The first kappa shape index (κ1) is 18.2. The molecule has 6 aromatic rings. The zero-order valence-electron chi connectivity index (χ0n) is 17.0. The molecule has 6 rings (SSSR count). The summed E-state index contributed by atoms with van der Waals surface area (Å²) in [6.07, 6.45) is 0.684. The lowest BCUT2D eigenvalue weighted by Gasteiger charge is -2.07. The van der Waals surface area contributed by atoms with E-state index < -0.39 is 0 Å². The van der Waals surface area contributed by atoms with Crippen LogP contribution in [0.25, 0.3) is 42.3 Å². The van der Waals surface area contributed by atoms with E-state index in [1.54, 1.807) is 0 Å². The first-order valence-corrected chi connectivity index (χ1v) is 11.2. The molecule has 3 nitrogen and oxygen atoms in total. The highest BCUT2D eigenvalue weighted by Crippen LogP contribution is 2.38. The van der Waals surface area contributed by atoms with Gasteiger partial charge in [-0.15, -0.1) is 11.3 Å². The Hall–Kier alpha value is -3.63. The summed E-state index contributed by atoms with van der Waals surface area (Å²) in [5, 5.41) is 5.23. The van der Waals surface area contributed by atoms with Crippen molar-refractivity contribution in [1.29, 1.82) is 0 Å². The Kier molecular flexibility index (Phi) is 4.25. The SMILES string of the molecule is Cc1nc(Cc2ccc3c(ccc4c5ccccc5sc34)c2)nc(-c2ccccc2)n1. The maximum atomic E-state index is 4.74. The number of thiophene rings is 1. The van der Waals surface area contributed by atoms with Gasteiger partial charge < -0.3 is 0 Å². The first-order chi connectivity index (χ1) is 15.2. The highest BCUT2D eigenvalue weighted by atomic mass is 32.1. The van der Waals surface area contributed by atoms with Crippen LogP contribution in [-0.2, 0) is 6.42 Å². The lowest BCUT2D eigenvalue weighted by Crippen LogP contribution is -2.03. The smallest absolute Gasteiger partial charge is 0.163 e. The maximum Gasteiger partial charge on any atom is 0.163 e. The number of aryl methyl sites for hydroxylation is 1. The molecule has 0 bridgehead atoms. The topological polar surface area (TPSA) is 38.7 Å². The van der Waals surface area contributed by atoms with Gasteiger partial charge in [-0.2, -0.15) is 0 Å². The quantitative estimate of drug-likeness (QED) is 0.312. The third-order valence-corrected chi connectivity index (χ3v) is 6.83. The van der Waals surface area contributed by atoms with Crippen LogP contribution in [0.1, 0.15) is 17.2 Å². The lowest BCUT2D eigenvalue weighted by atomic mass is 10.0. The van der Waals surface area contributed by atoms with E-state index in [1.807, 2.05) is 48.6 Å². The number of rotatable bonds is 3. The van der Waals surface area contributed by atoms with Crippen LogP contribution < -0.4 is 0 Å². The molecule has 0 atom stereocenters. The molecule has 0 N–H and O–H groups in total. The largest absolute Gasteiger partial charge is 0.218 e. The van der Waals surface area contributed by atoms with E-state index in [-0.39, 0.29) is 0 Å². The molecule has 31 heavy (non-hydrogen) atoms. The Morgan fingerprint density at radius 3 is 2.42 bits per heavy atom. The predicted molar refractivity (Wildman–Crippen MR) is 130 cm³/mol. The van der Waals surface area contributed by atoms with Crippen LogP contribution >= 0.6 is 11.3 Å². The molecule has 2 aromatic heterocycles. The fourth-order valence-corrected chi connectivity index (χ4v) is 5.42. The monoisotopic (exact) mass is 417 g/mol. The molecule has 4 aromatic carbocycles. The van der Waals surface area contributed by atoms with Crippen molar-refractivity contribution in [3.8, 4) is 11.4 Å². The van der Waals surface area contributed by atoms with Gasteiger partial charge in [0.05, 0.1) is 0 Å². The molecule has 0 fully saturated rings. The van der Waals surface area contributed by atoms with E-state index in [1.165, 1.54) is 36.5 Å². The molecular formula is C27H19N3S. The number of nitrogens with zero attached hydrogens (tertiary/aromatic N) is 3. The second-order valence-corrected chi connectivity index (χ2v) is 8.81. The molecule has 0 unspecified atom stereocenters. The van der Waals surface area contributed by atoms with Crippen molar-refractivity contribution in [3.05, 3.63) is 102 Å². The number of hydrogen-bond acceptors (Lipinski definition) is 4. The minimum absolute atomic E-state index is 0.684. The van der Waals surface area contributed by atoms with Gasteiger partial charge in [0.25, 0.3) is 0 Å². The van der Waals surface area contributed by atoms with E-state index in [0.29, 0.717) is 6.42 Å². The normalized spacial score (nSPS) is 11.5. The number of aromatic nitrogens is 3. The van der Waals surface area contributed by atoms with Crippen molar-refractivity contribution >= 4 is 42.3 Å². The van der Waals surface area contributed by atoms with Crippen molar-refractivity contribution < 1.29 is 0 Å². The molecule has 0 spiro atoms. The number of hydrogen-bond donors (Lipinski definition) is 0. The van der Waals surface area contributed by atoms with Crippen LogP contribution in [0.3, 0.4) is 0 Å². The van der Waals surface area contributed by atoms with Crippen LogP contribution in [0.2, 0.25) is 0 Å². The third kappa shape index (κ3) is 3.25. The summed E-state index contributed by atoms with van der Waals surface area (Å²) in [6.45, 7) is 1.93. The molecule has 0 aliphatic rings. The highest BCUT2D eigenvalue weighted by molar-refractivity contribution is 7.26. The Morgan fingerprint density at radius 2 is 1.52 bits per heavy atom. The highest BCUT2D eigenvalue weighted by Gasteiger charge is 2.10. The van der Waals surface area contributed by atoms with Crippen LogP contribution in [-0.4, -0.2) is 15.0 Å². The van der Waals surface area contributed by atoms with Crippen molar-refractivity contribution in [1.82, 2.24) is 15.0 Å². The molecule has 0 saturated carbocycles. The average molecular weight is 418 g/mol. The zero-order valence-corrected chi connectivity index (χ0v) is 17.9. The molecule has 0 aliphatic carbocycles. The zero-order chi connectivity index (χ0) is 20.8. The number of benzene rings is 4. The van der Waals surface area contributed by atoms with E-state index in [9.17, 15) is 0 Å².